The summed E-state index contributed by atoms with van der Waals surface area (Å²) in [5.74, 6) is -0.672. The molecular weight excluding hydrogens is 410 g/mol. The molecule has 1 saturated carbocycles. The van der Waals surface area contributed by atoms with Gasteiger partial charge >= 0.3 is 0 Å². The van der Waals surface area contributed by atoms with E-state index in [0.717, 1.165) is 5.56 Å². The van der Waals surface area contributed by atoms with E-state index in [1.54, 1.807) is 16.7 Å². The Morgan fingerprint density at radius 2 is 2.07 bits per heavy atom. The smallest absolute Gasteiger partial charge is 0.296 e. The molecule has 0 amide bonds. The lowest BCUT2D eigenvalue weighted by Crippen LogP contribution is -2.22. The van der Waals surface area contributed by atoms with Crippen molar-refractivity contribution in [2.24, 2.45) is 5.92 Å². The van der Waals surface area contributed by atoms with Crippen LogP contribution in [0.25, 0.3) is 11.2 Å². The normalized spacial score (nSPS) is 22.1. The van der Waals surface area contributed by atoms with Gasteiger partial charge in [0.1, 0.15) is 0 Å². The highest BCUT2D eigenvalue weighted by atomic mass is 32.2. The van der Waals surface area contributed by atoms with Gasteiger partial charge < -0.3 is 15.4 Å². The van der Waals surface area contributed by atoms with E-state index in [1.165, 1.54) is 18.5 Å². The van der Waals surface area contributed by atoms with Crippen molar-refractivity contribution in [3.8, 4) is 0 Å². The number of aliphatic hydroxyl groups excluding tert-OH is 1. The third-order valence-electron chi connectivity index (χ3n) is 5.33. The molecule has 1 aliphatic rings. The van der Waals surface area contributed by atoms with Crippen LogP contribution in [0, 0.1) is 12.8 Å². The van der Waals surface area contributed by atoms with Gasteiger partial charge in [0.05, 0.1) is 30.0 Å². The molecule has 11 heteroatoms. The van der Waals surface area contributed by atoms with Crippen LogP contribution in [0.5, 0.6) is 0 Å². The number of benzene rings is 1. The molecule has 0 saturated heterocycles. The van der Waals surface area contributed by atoms with E-state index >= 15 is 0 Å². The van der Waals surface area contributed by atoms with Crippen LogP contribution in [0.3, 0.4) is 0 Å². The van der Waals surface area contributed by atoms with Gasteiger partial charge in [-0.2, -0.15) is 13.4 Å². The van der Waals surface area contributed by atoms with E-state index in [-0.39, 0.29) is 35.0 Å². The van der Waals surface area contributed by atoms with Crippen LogP contribution in [0.2, 0.25) is 0 Å². The molecule has 2 heterocycles. The minimum absolute atomic E-state index is 0.0438. The first-order valence-electron chi connectivity index (χ1n) is 9.22. The maximum atomic E-state index is 12.5. The first kappa shape index (κ1) is 20.3. The number of nitrogens with one attached hydrogen (secondary N) is 1. The van der Waals surface area contributed by atoms with Gasteiger partial charge in [-0.1, -0.05) is 24.3 Å². The summed E-state index contributed by atoms with van der Waals surface area (Å²) in [7, 11) is -3.97. The summed E-state index contributed by atoms with van der Waals surface area (Å²) < 4.78 is 31.7. The second-order valence-electron chi connectivity index (χ2n) is 7.33. The number of nitrogens with two attached hydrogens (primary N) is 1. The molecule has 0 radical (unpaired) electrons. The van der Waals surface area contributed by atoms with Crippen LogP contribution >= 0.6 is 0 Å². The van der Waals surface area contributed by atoms with Gasteiger partial charge in [0, 0.05) is 5.92 Å². The third kappa shape index (κ3) is 3.51. The highest BCUT2D eigenvalue weighted by molar-refractivity contribution is 7.86. The number of aliphatic hydroxyl groups is 1. The number of nitrogens with zero attached hydrogens (tertiary/aromatic N) is 3. The SMILES string of the molecule is C=C1C(COS(=O)(=O)c2ccc(C)cc2)C(O)CC1n1cnc2c(=O)[nH]c(N)nc21. The van der Waals surface area contributed by atoms with Gasteiger partial charge in [-0.05, 0) is 31.1 Å². The van der Waals surface area contributed by atoms with Crippen molar-refractivity contribution >= 4 is 27.2 Å². The van der Waals surface area contributed by atoms with Crippen LogP contribution in [-0.4, -0.2) is 45.8 Å². The molecule has 3 aromatic rings. The minimum Gasteiger partial charge on any atom is -0.392 e. The quantitative estimate of drug-likeness (QED) is 0.398. The van der Waals surface area contributed by atoms with Gasteiger partial charge in [0.2, 0.25) is 5.95 Å². The molecular formula is C19H21N5O5S. The van der Waals surface area contributed by atoms with Crippen LogP contribution in [0.4, 0.5) is 5.95 Å². The zero-order valence-electron chi connectivity index (χ0n) is 16.1. The molecule has 0 aliphatic heterocycles. The molecule has 3 atom stereocenters. The van der Waals surface area contributed by atoms with Gasteiger partial charge in [-0.25, -0.2) is 4.98 Å². The van der Waals surface area contributed by atoms with Crippen molar-refractivity contribution in [2.75, 3.05) is 12.3 Å². The summed E-state index contributed by atoms with van der Waals surface area (Å²) in [6.07, 6.45) is 0.797. The Morgan fingerprint density at radius 3 is 2.77 bits per heavy atom. The lowest BCUT2D eigenvalue weighted by atomic mass is 10.0. The monoisotopic (exact) mass is 431 g/mol. The van der Waals surface area contributed by atoms with Crippen LogP contribution in [0.15, 0.2) is 52.4 Å². The summed E-state index contributed by atoms with van der Waals surface area (Å²) in [4.78, 5) is 22.6. The number of hydrogen-bond acceptors (Lipinski definition) is 8. The molecule has 1 fully saturated rings. The molecule has 4 N–H and O–H groups in total. The molecule has 1 aliphatic carbocycles. The topological polar surface area (TPSA) is 153 Å². The van der Waals surface area contributed by atoms with E-state index in [2.05, 4.69) is 21.5 Å². The standard InChI is InChI=1S/C19H21N5O5S/c1-10-3-5-12(6-4-10)30(27,28)29-8-13-11(2)14(7-15(13)25)24-9-21-16-17(24)22-19(20)23-18(16)26/h3-6,9,13-15,25H,2,7-8H2,1H3,(H3,20,22,23,26). The number of aromatic amines is 1. The van der Waals surface area contributed by atoms with Crippen molar-refractivity contribution in [2.45, 2.75) is 30.4 Å². The number of anilines is 1. The summed E-state index contributed by atoms with van der Waals surface area (Å²) in [5.41, 5.74) is 7.04. The average molecular weight is 431 g/mol. The molecule has 10 nitrogen and oxygen atoms in total. The van der Waals surface area contributed by atoms with Crippen molar-refractivity contribution in [3.05, 3.63) is 58.7 Å². The largest absolute Gasteiger partial charge is 0.392 e. The Hall–Kier alpha value is -3.02. The van der Waals surface area contributed by atoms with Gasteiger partial charge in [0.15, 0.2) is 11.2 Å². The summed E-state index contributed by atoms with van der Waals surface area (Å²) in [6, 6.07) is 5.87. The van der Waals surface area contributed by atoms with Crippen molar-refractivity contribution in [1.82, 2.24) is 19.5 Å². The van der Waals surface area contributed by atoms with Crippen LogP contribution in [-0.2, 0) is 14.3 Å². The summed E-state index contributed by atoms with van der Waals surface area (Å²) in [5, 5.41) is 10.5. The molecule has 3 unspecified atom stereocenters. The fourth-order valence-electron chi connectivity index (χ4n) is 3.66. The van der Waals surface area contributed by atoms with E-state index in [0.29, 0.717) is 5.57 Å². The molecule has 1 aromatic carbocycles. The number of H-pyrrole nitrogens is 1. The van der Waals surface area contributed by atoms with Crippen molar-refractivity contribution < 1.29 is 17.7 Å². The molecule has 30 heavy (non-hydrogen) atoms. The van der Waals surface area contributed by atoms with Crippen molar-refractivity contribution in [1.29, 1.82) is 0 Å². The number of hydrogen-bond donors (Lipinski definition) is 3. The number of nitrogen functional groups attached to an aromatic ring is 1. The maximum absolute atomic E-state index is 12.5. The fourth-order valence-corrected chi connectivity index (χ4v) is 4.59. The van der Waals surface area contributed by atoms with Crippen LogP contribution in [0.1, 0.15) is 18.0 Å². The number of fused-ring (bicyclic) bond motifs is 1. The molecule has 4 rings (SSSR count). The maximum Gasteiger partial charge on any atom is 0.296 e. The molecule has 0 bridgehead atoms. The number of imidazole rings is 1. The van der Waals surface area contributed by atoms with Crippen molar-refractivity contribution in [3.63, 3.8) is 0 Å². The average Bonchev–Trinajstić information content (AvgIpc) is 3.21. The van der Waals surface area contributed by atoms with Crippen LogP contribution < -0.4 is 11.3 Å². The zero-order valence-corrected chi connectivity index (χ0v) is 17.0. The minimum atomic E-state index is -3.97. The molecule has 0 spiro atoms. The van der Waals surface area contributed by atoms with E-state index in [4.69, 9.17) is 9.92 Å². The van der Waals surface area contributed by atoms with E-state index in [9.17, 15) is 18.3 Å². The number of rotatable bonds is 5. The number of aryl methyl sites for hydroxylation is 1. The highest BCUT2D eigenvalue weighted by Gasteiger charge is 2.39. The zero-order chi connectivity index (χ0) is 21.6. The lowest BCUT2D eigenvalue weighted by molar-refractivity contribution is 0.110. The highest BCUT2D eigenvalue weighted by Crippen LogP contribution is 2.40. The first-order valence-corrected chi connectivity index (χ1v) is 10.6. The third-order valence-corrected chi connectivity index (χ3v) is 6.63. The van der Waals surface area contributed by atoms with Gasteiger partial charge in [0.25, 0.3) is 15.7 Å². The van der Waals surface area contributed by atoms with Gasteiger partial charge in [-0.3, -0.25) is 14.0 Å². The number of aromatic nitrogens is 4. The predicted molar refractivity (Wildman–Crippen MR) is 109 cm³/mol. The second-order valence-corrected chi connectivity index (χ2v) is 8.94. The van der Waals surface area contributed by atoms with E-state index < -0.39 is 33.7 Å². The van der Waals surface area contributed by atoms with E-state index in [1.807, 2.05) is 6.92 Å². The fraction of sp³-hybridized carbons (Fsp3) is 0.316. The Morgan fingerprint density at radius 1 is 1.37 bits per heavy atom. The first-order chi connectivity index (χ1) is 14.2. The predicted octanol–water partition coefficient (Wildman–Crippen LogP) is 0.894. The Balaban J connectivity index is 1.56. The summed E-state index contributed by atoms with van der Waals surface area (Å²) >= 11 is 0. The molecule has 158 valence electrons. The summed E-state index contributed by atoms with van der Waals surface area (Å²) in [6.45, 7) is 5.63. The Labute approximate surface area is 172 Å². The molecule has 2 aromatic heterocycles. The lowest BCUT2D eigenvalue weighted by Gasteiger charge is -2.17. The Kier molecular flexibility index (Phi) is 4.96. The Bertz CT molecular complexity index is 1280. The second kappa shape index (κ2) is 7.35. The van der Waals surface area contributed by atoms with Gasteiger partial charge in [-0.15, -0.1) is 0 Å².